The van der Waals surface area contributed by atoms with Crippen LogP contribution < -0.4 is 0 Å². The van der Waals surface area contributed by atoms with Gasteiger partial charge in [0.05, 0.1) is 6.10 Å². The van der Waals surface area contributed by atoms with Gasteiger partial charge >= 0.3 is 11.9 Å². The number of unbranched alkanes of at least 4 members (excludes halogenated alkanes) is 3. The van der Waals surface area contributed by atoms with Crippen molar-refractivity contribution in [3.8, 4) is 0 Å². The Morgan fingerprint density at radius 2 is 1.74 bits per heavy atom. The molecule has 3 N–H and O–H groups in total. The number of carboxylic acid groups (broad SMARTS) is 1. The van der Waals surface area contributed by atoms with E-state index in [1.54, 1.807) is 12.2 Å². The smallest absolute Gasteiger partial charge is 0.306 e. The number of carbonyl (C=O) groups excluding carboxylic acids is 3. The van der Waals surface area contributed by atoms with Gasteiger partial charge in [0.1, 0.15) is 5.60 Å². The minimum absolute atomic E-state index is 0.00265. The molecular weight excluding hydrogens is 488 g/mol. The first kappa shape index (κ1) is 28.7. The van der Waals surface area contributed by atoms with Gasteiger partial charge < -0.3 is 20.1 Å². The van der Waals surface area contributed by atoms with Crippen molar-refractivity contribution in [3.63, 3.8) is 0 Å². The second kappa shape index (κ2) is 10.7. The van der Waals surface area contributed by atoms with Crippen molar-refractivity contribution < 1.29 is 39.2 Å². The van der Waals surface area contributed by atoms with Crippen molar-refractivity contribution in [3.05, 3.63) is 23.3 Å². The molecule has 0 aromatic rings. The van der Waals surface area contributed by atoms with Crippen LogP contribution in [0.5, 0.6) is 0 Å². The Balaban J connectivity index is 1.40. The third kappa shape index (κ3) is 4.79. The van der Waals surface area contributed by atoms with E-state index in [9.17, 15) is 29.4 Å². The fourth-order valence-corrected chi connectivity index (χ4v) is 8.38. The van der Waals surface area contributed by atoms with Crippen molar-refractivity contribution in [2.24, 2.45) is 28.6 Å². The average molecular weight is 531 g/mol. The van der Waals surface area contributed by atoms with Gasteiger partial charge in [-0.3, -0.25) is 19.2 Å². The number of aliphatic carboxylic acids is 1. The summed E-state index contributed by atoms with van der Waals surface area (Å²) in [6.45, 7) is 5.50. The Bertz CT molecular complexity index is 1060. The van der Waals surface area contributed by atoms with E-state index in [1.165, 1.54) is 0 Å². The van der Waals surface area contributed by atoms with Gasteiger partial charge in [-0.05, 0) is 75.9 Å². The first-order chi connectivity index (χ1) is 17.8. The van der Waals surface area contributed by atoms with E-state index in [0.717, 1.165) is 24.0 Å². The van der Waals surface area contributed by atoms with Crippen LogP contribution in [0.15, 0.2) is 23.3 Å². The third-order valence-electron chi connectivity index (χ3n) is 10.5. The highest BCUT2D eigenvalue weighted by Gasteiger charge is 2.68. The summed E-state index contributed by atoms with van der Waals surface area (Å²) < 4.78 is 5.24. The predicted molar refractivity (Wildman–Crippen MR) is 139 cm³/mol. The lowest BCUT2D eigenvalue weighted by Crippen LogP contribution is -2.62. The molecule has 3 fully saturated rings. The normalized spacial score (nSPS) is 37.9. The van der Waals surface area contributed by atoms with Crippen LogP contribution >= 0.6 is 0 Å². The van der Waals surface area contributed by atoms with Gasteiger partial charge in [0.25, 0.3) is 0 Å². The number of ketones is 2. The summed E-state index contributed by atoms with van der Waals surface area (Å²) in [4.78, 5) is 48.3. The summed E-state index contributed by atoms with van der Waals surface area (Å²) in [5.74, 6) is -1.79. The van der Waals surface area contributed by atoms with Crippen LogP contribution in [0.1, 0.15) is 91.4 Å². The van der Waals surface area contributed by atoms with E-state index in [-0.39, 0.29) is 49.2 Å². The number of fused-ring (bicyclic) bond motifs is 5. The number of aliphatic hydroxyl groups is 2. The molecule has 8 heteroatoms. The lowest BCUT2D eigenvalue weighted by Gasteiger charge is -2.60. The molecule has 7 atom stereocenters. The molecule has 0 bridgehead atoms. The number of Topliss-reactive ketones (excluding diaryl/α,β-unsaturated/α-hetero) is 1. The molecule has 210 valence electrons. The van der Waals surface area contributed by atoms with Gasteiger partial charge in [-0.1, -0.05) is 37.8 Å². The Labute approximate surface area is 224 Å². The van der Waals surface area contributed by atoms with Gasteiger partial charge in [0, 0.05) is 29.6 Å². The van der Waals surface area contributed by atoms with E-state index in [4.69, 9.17) is 9.84 Å². The van der Waals surface area contributed by atoms with E-state index in [2.05, 4.69) is 6.92 Å². The Hall–Kier alpha value is -2.32. The highest BCUT2D eigenvalue weighted by molar-refractivity contribution is 6.02. The second-order valence-corrected chi connectivity index (χ2v) is 12.4. The molecule has 0 aliphatic heterocycles. The summed E-state index contributed by atoms with van der Waals surface area (Å²) in [5, 5.41) is 32.0. The summed E-state index contributed by atoms with van der Waals surface area (Å²) in [7, 11) is 0. The fraction of sp³-hybridized carbons (Fsp3) is 0.733. The van der Waals surface area contributed by atoms with Gasteiger partial charge in [-0.2, -0.15) is 0 Å². The molecule has 38 heavy (non-hydrogen) atoms. The number of ether oxygens (including phenoxy) is 1. The molecule has 0 saturated heterocycles. The Morgan fingerprint density at radius 1 is 1.05 bits per heavy atom. The van der Waals surface area contributed by atoms with Crippen LogP contribution in [-0.4, -0.2) is 57.1 Å². The van der Waals surface area contributed by atoms with Crippen LogP contribution in [0.4, 0.5) is 0 Å². The minimum Gasteiger partial charge on any atom is -0.481 e. The molecule has 0 amide bonds. The van der Waals surface area contributed by atoms with Gasteiger partial charge in [-0.25, -0.2) is 0 Å². The maximum absolute atomic E-state index is 13.3. The zero-order valence-electron chi connectivity index (χ0n) is 22.8. The predicted octanol–water partition coefficient (Wildman–Crippen LogP) is 3.92. The Kier molecular flexibility index (Phi) is 8.06. The summed E-state index contributed by atoms with van der Waals surface area (Å²) in [6, 6.07) is 0. The molecule has 4 aliphatic carbocycles. The van der Waals surface area contributed by atoms with Crippen molar-refractivity contribution in [2.75, 3.05) is 6.61 Å². The van der Waals surface area contributed by atoms with Gasteiger partial charge in [0.2, 0.25) is 5.78 Å². The summed E-state index contributed by atoms with van der Waals surface area (Å²) in [5.41, 5.74) is -0.877. The number of carbonyl (C=O) groups is 4. The van der Waals surface area contributed by atoms with Crippen LogP contribution in [0.2, 0.25) is 0 Å². The zero-order valence-corrected chi connectivity index (χ0v) is 22.8. The van der Waals surface area contributed by atoms with Crippen LogP contribution in [0.3, 0.4) is 0 Å². The number of rotatable bonds is 10. The molecule has 8 nitrogen and oxygen atoms in total. The van der Waals surface area contributed by atoms with Crippen LogP contribution in [-0.2, 0) is 23.9 Å². The first-order valence-electron chi connectivity index (χ1n) is 14.1. The quantitative estimate of drug-likeness (QED) is 0.285. The number of esters is 1. The van der Waals surface area contributed by atoms with E-state index < -0.39 is 46.9 Å². The second-order valence-electron chi connectivity index (χ2n) is 12.4. The SMILES string of the molecule is CC1=CC(=O)C=C2CC[C@@H]3[C@H](C(O)C[C@@]4(C)[C@H]3CC[C@]4(O)C(=O)COC(=O)CCCCCCC(=O)O)[C@@]12C. The average Bonchev–Trinajstić information content (AvgIpc) is 3.11. The molecule has 1 unspecified atom stereocenters. The van der Waals surface area contributed by atoms with Crippen LogP contribution in [0, 0.1) is 28.6 Å². The molecule has 0 aromatic carbocycles. The maximum atomic E-state index is 13.3. The fourth-order valence-electron chi connectivity index (χ4n) is 8.38. The van der Waals surface area contributed by atoms with Crippen molar-refractivity contribution >= 4 is 23.5 Å². The van der Waals surface area contributed by atoms with Crippen molar-refractivity contribution in [1.82, 2.24) is 0 Å². The molecular formula is C30H42O8. The number of aliphatic hydroxyl groups excluding tert-OH is 1. The molecule has 4 rings (SSSR count). The molecule has 0 spiro atoms. The Morgan fingerprint density at radius 3 is 2.42 bits per heavy atom. The van der Waals surface area contributed by atoms with Crippen molar-refractivity contribution in [2.45, 2.75) is 103 Å². The zero-order chi connectivity index (χ0) is 27.9. The lowest BCUT2D eigenvalue weighted by molar-refractivity contribution is -0.181. The summed E-state index contributed by atoms with van der Waals surface area (Å²) in [6.07, 6.45) is 8.22. The minimum atomic E-state index is -1.68. The van der Waals surface area contributed by atoms with Gasteiger partial charge in [-0.15, -0.1) is 0 Å². The molecule has 0 aromatic heterocycles. The third-order valence-corrected chi connectivity index (χ3v) is 10.5. The monoisotopic (exact) mass is 530 g/mol. The highest BCUT2D eigenvalue weighted by atomic mass is 16.5. The standard InChI is InChI=1S/C30H42O8/c1-18-14-20(31)15-19-10-11-21-22-12-13-30(37,28(22,2)16-23(32)27(21)29(18,19)3)24(33)17-38-26(36)9-7-5-4-6-8-25(34)35/h14-15,21-23,27,32,37H,4-13,16-17H2,1-3H3,(H,34,35)/t21-,22-,23?,27+,28-,29-,30-/m0/s1. The largest absolute Gasteiger partial charge is 0.481 e. The number of hydrogen-bond acceptors (Lipinski definition) is 7. The summed E-state index contributed by atoms with van der Waals surface area (Å²) >= 11 is 0. The van der Waals surface area contributed by atoms with E-state index in [1.807, 2.05) is 13.8 Å². The maximum Gasteiger partial charge on any atom is 0.306 e. The first-order valence-corrected chi connectivity index (χ1v) is 14.1. The van der Waals surface area contributed by atoms with Crippen LogP contribution in [0.25, 0.3) is 0 Å². The highest BCUT2D eigenvalue weighted by Crippen LogP contribution is 2.68. The molecule has 0 radical (unpaired) electrons. The number of carboxylic acids is 1. The topological polar surface area (TPSA) is 138 Å². The van der Waals surface area contributed by atoms with E-state index in [0.29, 0.717) is 32.1 Å². The molecule has 3 saturated carbocycles. The molecule has 0 heterocycles. The van der Waals surface area contributed by atoms with Gasteiger partial charge in [0.15, 0.2) is 12.4 Å². The molecule has 4 aliphatic rings. The van der Waals surface area contributed by atoms with Crippen molar-refractivity contribution in [1.29, 1.82) is 0 Å². The lowest BCUT2D eigenvalue weighted by atomic mass is 9.45. The van der Waals surface area contributed by atoms with E-state index >= 15 is 0 Å². The number of allylic oxidation sites excluding steroid dienone is 4. The number of hydrogen-bond donors (Lipinski definition) is 3.